The van der Waals surface area contributed by atoms with Crippen molar-refractivity contribution in [2.24, 2.45) is 0 Å². The molecule has 1 fully saturated rings. The third-order valence-electron chi connectivity index (χ3n) is 6.70. The Bertz CT molecular complexity index is 1280. The molecule has 1 atom stereocenters. The Morgan fingerprint density at radius 1 is 1.05 bits per heavy atom. The molecule has 10 heteroatoms. The zero-order chi connectivity index (χ0) is 28.0. The average Bonchev–Trinajstić information content (AvgIpc) is 2.95. The van der Waals surface area contributed by atoms with E-state index in [4.69, 9.17) is 9.47 Å². The number of carbonyl (C=O) groups is 2. The van der Waals surface area contributed by atoms with Gasteiger partial charge in [-0.05, 0) is 42.4 Å². The van der Waals surface area contributed by atoms with E-state index in [0.29, 0.717) is 19.4 Å². The van der Waals surface area contributed by atoms with E-state index >= 15 is 0 Å². The quantitative estimate of drug-likeness (QED) is 0.336. The first-order chi connectivity index (χ1) is 18.7. The number of likely N-dealkylation sites (tertiary alicyclic amines) is 1. The fourth-order valence-corrected chi connectivity index (χ4v) is 5.41. The molecule has 1 heterocycles. The number of ether oxygens (including phenoxy) is 2. The summed E-state index contributed by atoms with van der Waals surface area (Å²) < 4.78 is 51.2. The van der Waals surface area contributed by atoms with Crippen LogP contribution in [-0.4, -0.2) is 43.4 Å². The smallest absolute Gasteiger partial charge is 0.416 e. The van der Waals surface area contributed by atoms with Crippen molar-refractivity contribution in [3.63, 3.8) is 0 Å². The topological polar surface area (TPSA) is 67.9 Å². The highest BCUT2D eigenvalue weighted by Crippen LogP contribution is 2.39. The van der Waals surface area contributed by atoms with Crippen molar-refractivity contribution in [1.82, 2.24) is 10.2 Å². The van der Waals surface area contributed by atoms with Crippen molar-refractivity contribution in [3.8, 4) is 5.75 Å². The van der Waals surface area contributed by atoms with Gasteiger partial charge in [0.2, 0.25) is 0 Å². The Morgan fingerprint density at radius 3 is 2.33 bits per heavy atom. The summed E-state index contributed by atoms with van der Waals surface area (Å²) in [6.07, 6.45) is -2.41. The van der Waals surface area contributed by atoms with Crippen LogP contribution >= 0.6 is 11.8 Å². The molecule has 1 aliphatic heterocycles. The molecule has 0 radical (unpaired) electrons. The number of alkyl halides is 3. The predicted octanol–water partition coefficient (Wildman–Crippen LogP) is 6.49. The summed E-state index contributed by atoms with van der Waals surface area (Å²) in [5, 5.41) is 3.07. The maximum atomic E-state index is 13.8. The Labute approximate surface area is 229 Å². The number of carbonyl (C=O) groups excluding carboxylic acids is 2. The van der Waals surface area contributed by atoms with Crippen molar-refractivity contribution in [2.45, 2.75) is 36.1 Å². The number of piperidine rings is 1. The highest BCUT2D eigenvalue weighted by molar-refractivity contribution is 7.98. The second-order valence-electron chi connectivity index (χ2n) is 9.22. The zero-order valence-electron chi connectivity index (χ0n) is 21.6. The predicted molar refractivity (Wildman–Crippen MR) is 143 cm³/mol. The van der Waals surface area contributed by atoms with Crippen LogP contribution in [0.15, 0.2) is 77.7 Å². The van der Waals surface area contributed by atoms with E-state index in [1.54, 1.807) is 11.2 Å². The highest BCUT2D eigenvalue weighted by atomic mass is 32.2. The first kappa shape index (κ1) is 28.4. The largest absolute Gasteiger partial charge is 0.496 e. The van der Waals surface area contributed by atoms with Crippen LogP contribution in [0.1, 0.15) is 39.9 Å². The van der Waals surface area contributed by atoms with Gasteiger partial charge in [-0.1, -0.05) is 60.7 Å². The van der Waals surface area contributed by atoms with Gasteiger partial charge < -0.3 is 19.7 Å². The van der Waals surface area contributed by atoms with Crippen LogP contribution in [0.25, 0.3) is 0 Å². The van der Waals surface area contributed by atoms with Gasteiger partial charge >= 0.3 is 12.3 Å². The summed E-state index contributed by atoms with van der Waals surface area (Å²) in [7, 11) is 1.23. The van der Waals surface area contributed by atoms with Crippen LogP contribution in [0.3, 0.4) is 0 Å². The molecule has 0 aromatic heterocycles. The lowest BCUT2D eigenvalue weighted by molar-refractivity contribution is -0.137. The number of halogens is 3. The zero-order valence-corrected chi connectivity index (χ0v) is 22.4. The first-order valence-corrected chi connectivity index (χ1v) is 13.6. The van der Waals surface area contributed by atoms with Gasteiger partial charge in [-0.15, -0.1) is 11.8 Å². The molecule has 0 aliphatic carbocycles. The number of hydrogen-bond acceptors (Lipinski definition) is 5. The summed E-state index contributed by atoms with van der Waals surface area (Å²) in [5.74, 6) is -0.766. The number of thioether (sulfide) groups is 1. The van der Waals surface area contributed by atoms with Gasteiger partial charge in [-0.2, -0.15) is 13.2 Å². The van der Waals surface area contributed by atoms with Gasteiger partial charge in [0.05, 0.1) is 30.3 Å². The van der Waals surface area contributed by atoms with Gasteiger partial charge in [0.1, 0.15) is 12.4 Å². The molecule has 1 N–H and O–H groups in total. The van der Waals surface area contributed by atoms with Gasteiger partial charge in [0, 0.05) is 11.4 Å². The van der Waals surface area contributed by atoms with E-state index in [2.05, 4.69) is 5.32 Å². The molecule has 39 heavy (non-hydrogen) atoms. The van der Waals surface area contributed by atoms with Gasteiger partial charge in [0.15, 0.2) is 0 Å². The summed E-state index contributed by atoms with van der Waals surface area (Å²) >= 11 is 1.02. The minimum Gasteiger partial charge on any atom is -0.496 e. The Balaban J connectivity index is 1.64. The second kappa shape index (κ2) is 12.0. The number of nitrogens with one attached hydrogen (secondary N) is 1. The van der Waals surface area contributed by atoms with Crippen molar-refractivity contribution in [1.29, 1.82) is 0 Å². The van der Waals surface area contributed by atoms with Gasteiger partial charge in [-0.3, -0.25) is 4.79 Å². The van der Waals surface area contributed by atoms with E-state index in [1.165, 1.54) is 7.11 Å². The van der Waals surface area contributed by atoms with E-state index < -0.39 is 29.3 Å². The number of rotatable bonds is 7. The number of nitrogens with zero attached hydrogens (tertiary/aromatic N) is 1. The lowest BCUT2D eigenvalue weighted by Crippen LogP contribution is -2.57. The molecule has 6 nitrogen and oxygen atoms in total. The van der Waals surface area contributed by atoms with E-state index in [9.17, 15) is 22.8 Å². The molecule has 0 spiro atoms. The number of amides is 2. The number of hydrogen-bond donors (Lipinski definition) is 1. The van der Waals surface area contributed by atoms with Crippen LogP contribution in [0.4, 0.5) is 18.0 Å². The maximum Gasteiger partial charge on any atom is 0.416 e. The maximum absolute atomic E-state index is 13.8. The first-order valence-electron chi connectivity index (χ1n) is 12.3. The van der Waals surface area contributed by atoms with Crippen LogP contribution in [0, 0.1) is 0 Å². The molecule has 3 aromatic carbocycles. The van der Waals surface area contributed by atoms with Crippen LogP contribution in [0.5, 0.6) is 5.75 Å². The molecule has 0 saturated carbocycles. The second-order valence-corrected chi connectivity index (χ2v) is 10.1. The Hall–Kier alpha value is -3.66. The average molecular weight is 559 g/mol. The summed E-state index contributed by atoms with van der Waals surface area (Å²) in [6, 6.07) is 20.3. The molecule has 4 rings (SSSR count). The summed E-state index contributed by atoms with van der Waals surface area (Å²) in [6.45, 7) is 0.687. The van der Waals surface area contributed by atoms with Crippen LogP contribution < -0.4 is 10.1 Å². The van der Waals surface area contributed by atoms with Crippen molar-refractivity contribution >= 4 is 23.8 Å². The molecule has 206 valence electrons. The van der Waals surface area contributed by atoms with E-state index in [0.717, 1.165) is 35.0 Å². The van der Waals surface area contributed by atoms with Crippen molar-refractivity contribution < 1.29 is 32.2 Å². The van der Waals surface area contributed by atoms with Gasteiger partial charge in [-0.25, -0.2) is 4.79 Å². The Kier molecular flexibility index (Phi) is 8.74. The number of benzene rings is 3. The SMILES string of the molecule is COc1cc(C(F)(F)F)cc(SC)c1C(=O)NC1(c2ccccc2)CCCN(C(=O)OCc2ccccc2)C1. The van der Waals surface area contributed by atoms with Crippen LogP contribution in [0.2, 0.25) is 0 Å². The fraction of sp³-hybridized carbons (Fsp3) is 0.310. The minimum absolute atomic E-state index is 0.0112. The standard InChI is InChI=1S/C29H29F3N2O4S/c1-37-23-16-22(29(30,31)32)17-24(39-2)25(23)26(35)33-28(21-12-7-4-8-13-21)14-9-15-34(19-28)27(36)38-18-20-10-5-3-6-11-20/h3-8,10-13,16-17H,9,14-15,18-19H2,1-2H3,(H,33,35). The number of methoxy groups -OCH3 is 1. The molecule has 2 amide bonds. The molecule has 1 aliphatic rings. The molecular formula is C29H29F3N2O4S. The van der Waals surface area contributed by atoms with Crippen molar-refractivity contribution in [3.05, 3.63) is 95.1 Å². The van der Waals surface area contributed by atoms with E-state index in [1.807, 2.05) is 60.7 Å². The van der Waals surface area contributed by atoms with Crippen molar-refractivity contribution in [2.75, 3.05) is 26.5 Å². The monoisotopic (exact) mass is 558 g/mol. The van der Waals surface area contributed by atoms with E-state index in [-0.39, 0.29) is 29.4 Å². The molecule has 1 unspecified atom stereocenters. The third-order valence-corrected chi connectivity index (χ3v) is 7.46. The lowest BCUT2D eigenvalue weighted by atomic mass is 9.82. The molecule has 0 bridgehead atoms. The minimum atomic E-state index is -4.60. The molecule has 1 saturated heterocycles. The Morgan fingerprint density at radius 2 is 1.72 bits per heavy atom. The summed E-state index contributed by atoms with van der Waals surface area (Å²) in [4.78, 5) is 28.5. The lowest BCUT2D eigenvalue weighted by Gasteiger charge is -2.43. The molecular weight excluding hydrogens is 529 g/mol. The van der Waals surface area contributed by atoms with Gasteiger partial charge in [0.25, 0.3) is 5.91 Å². The summed E-state index contributed by atoms with van der Waals surface area (Å²) in [5.41, 5.74) is -0.258. The highest BCUT2D eigenvalue weighted by Gasteiger charge is 2.42. The fourth-order valence-electron chi connectivity index (χ4n) is 4.77. The third kappa shape index (κ3) is 6.50. The molecule has 3 aromatic rings. The normalized spacial score (nSPS) is 17.4. The van der Waals surface area contributed by atoms with Crippen LogP contribution in [-0.2, 0) is 23.1 Å².